The third kappa shape index (κ3) is 4.86. The van der Waals surface area contributed by atoms with E-state index >= 15 is 0 Å². The molecule has 8 nitrogen and oxygen atoms in total. The van der Waals surface area contributed by atoms with Crippen molar-refractivity contribution in [3.8, 4) is 0 Å². The maximum atomic E-state index is 11.4. The summed E-state index contributed by atoms with van der Waals surface area (Å²) in [4.78, 5) is 21.9. The molecule has 1 atom stereocenters. The van der Waals surface area contributed by atoms with Crippen LogP contribution in [-0.2, 0) is 21.4 Å². The van der Waals surface area contributed by atoms with Crippen LogP contribution in [0.3, 0.4) is 0 Å². The highest BCUT2D eigenvalue weighted by Crippen LogP contribution is 2.08. The monoisotopic (exact) mass is 301 g/mol. The Hall–Kier alpha value is -2.13. The van der Waals surface area contributed by atoms with Gasteiger partial charge in [0.2, 0.25) is 10.0 Å². The Labute approximate surface area is 116 Å². The third-order valence-corrected chi connectivity index (χ3v) is 3.35. The summed E-state index contributed by atoms with van der Waals surface area (Å²) in [5.74, 6) is -1.14. The van der Waals surface area contributed by atoms with Crippen LogP contribution in [0.15, 0.2) is 29.2 Å². The number of nitrogens with one attached hydrogen (secondary N) is 2. The highest BCUT2D eigenvalue weighted by Gasteiger charge is 2.13. The quantitative estimate of drug-likeness (QED) is 0.586. The van der Waals surface area contributed by atoms with E-state index in [2.05, 4.69) is 10.6 Å². The van der Waals surface area contributed by atoms with E-state index in [1.54, 1.807) is 0 Å². The van der Waals surface area contributed by atoms with Crippen molar-refractivity contribution in [3.63, 3.8) is 0 Å². The molecule has 1 aromatic carbocycles. The molecule has 0 bridgehead atoms. The lowest BCUT2D eigenvalue weighted by molar-refractivity contribution is -0.138. The fraction of sp³-hybridized carbons (Fsp3) is 0.273. The van der Waals surface area contributed by atoms with Gasteiger partial charge in [0.15, 0.2) is 0 Å². The van der Waals surface area contributed by atoms with Crippen molar-refractivity contribution >= 4 is 22.0 Å². The molecule has 9 heteroatoms. The standard InChI is InChI=1S/C11H15N3O5S/c1-7(10(15)16)14-11(17)13-6-8-2-4-9(5-3-8)20(12,18)19/h2-5,7H,6H2,1H3,(H,15,16)(H2,12,18,19)(H2,13,14,17)/t7-/m0/s1. The minimum absolute atomic E-state index is 0.0230. The normalized spacial score (nSPS) is 12.5. The predicted octanol–water partition coefficient (Wildman–Crippen LogP) is -0.394. The average Bonchev–Trinajstić information content (AvgIpc) is 2.35. The number of benzene rings is 1. The van der Waals surface area contributed by atoms with Crippen LogP contribution in [-0.4, -0.2) is 31.6 Å². The molecule has 0 aliphatic carbocycles. The Morgan fingerprint density at radius 3 is 2.30 bits per heavy atom. The summed E-state index contributed by atoms with van der Waals surface area (Å²) < 4.78 is 22.1. The largest absolute Gasteiger partial charge is 0.480 e. The predicted molar refractivity (Wildman–Crippen MR) is 70.3 cm³/mol. The number of sulfonamides is 1. The van der Waals surface area contributed by atoms with Crippen LogP contribution in [0.4, 0.5) is 4.79 Å². The fourth-order valence-corrected chi connectivity index (χ4v) is 1.80. The molecule has 1 rings (SSSR count). The summed E-state index contributed by atoms with van der Waals surface area (Å²) in [6, 6.07) is 4.02. The van der Waals surface area contributed by atoms with Crippen LogP contribution < -0.4 is 15.8 Å². The molecule has 0 saturated carbocycles. The van der Waals surface area contributed by atoms with Gasteiger partial charge in [-0.05, 0) is 24.6 Å². The van der Waals surface area contributed by atoms with Gasteiger partial charge in [0.25, 0.3) is 0 Å². The number of amides is 2. The van der Waals surface area contributed by atoms with Gasteiger partial charge in [-0.2, -0.15) is 0 Å². The number of rotatable bonds is 5. The molecular formula is C11H15N3O5S. The molecule has 0 aliphatic rings. The molecule has 110 valence electrons. The maximum absolute atomic E-state index is 11.4. The zero-order chi connectivity index (χ0) is 15.3. The summed E-state index contributed by atoms with van der Waals surface area (Å²) in [5, 5.41) is 18.2. The van der Waals surface area contributed by atoms with Crippen molar-refractivity contribution in [2.75, 3.05) is 0 Å². The first-order chi connectivity index (χ1) is 9.20. The number of carbonyl (C=O) groups excluding carboxylic acids is 1. The average molecular weight is 301 g/mol. The van der Waals surface area contributed by atoms with E-state index in [1.165, 1.54) is 31.2 Å². The zero-order valence-electron chi connectivity index (χ0n) is 10.7. The van der Waals surface area contributed by atoms with Gasteiger partial charge in [-0.25, -0.2) is 18.4 Å². The molecule has 0 heterocycles. The zero-order valence-corrected chi connectivity index (χ0v) is 11.5. The molecule has 20 heavy (non-hydrogen) atoms. The van der Waals surface area contributed by atoms with E-state index in [4.69, 9.17) is 10.2 Å². The Morgan fingerprint density at radius 2 is 1.85 bits per heavy atom. The van der Waals surface area contributed by atoms with Crippen molar-refractivity contribution in [2.45, 2.75) is 24.4 Å². The minimum atomic E-state index is -3.74. The topological polar surface area (TPSA) is 139 Å². The molecule has 0 saturated heterocycles. The number of nitrogens with two attached hydrogens (primary N) is 1. The van der Waals surface area contributed by atoms with Gasteiger partial charge in [0, 0.05) is 6.54 Å². The fourth-order valence-electron chi connectivity index (χ4n) is 1.29. The van der Waals surface area contributed by atoms with Crippen molar-refractivity contribution in [1.29, 1.82) is 0 Å². The number of urea groups is 1. The van der Waals surface area contributed by atoms with Crippen molar-refractivity contribution in [2.24, 2.45) is 5.14 Å². The van der Waals surface area contributed by atoms with E-state index in [9.17, 15) is 18.0 Å². The summed E-state index contributed by atoms with van der Waals surface area (Å²) in [6.07, 6.45) is 0. The summed E-state index contributed by atoms with van der Waals surface area (Å²) in [5.41, 5.74) is 0.649. The van der Waals surface area contributed by atoms with Crippen LogP contribution >= 0.6 is 0 Å². The molecule has 0 spiro atoms. The van der Waals surface area contributed by atoms with E-state index < -0.39 is 28.1 Å². The molecule has 0 aromatic heterocycles. The van der Waals surface area contributed by atoms with Gasteiger partial charge < -0.3 is 15.7 Å². The van der Waals surface area contributed by atoms with Crippen molar-refractivity contribution < 1.29 is 23.1 Å². The Morgan fingerprint density at radius 1 is 1.30 bits per heavy atom. The number of primary sulfonamides is 1. The van der Waals surface area contributed by atoms with Gasteiger partial charge in [-0.1, -0.05) is 12.1 Å². The SMILES string of the molecule is C[C@H](NC(=O)NCc1ccc(S(N)(=O)=O)cc1)C(=O)O. The van der Waals surface area contributed by atoms with Crippen LogP contribution in [0.25, 0.3) is 0 Å². The van der Waals surface area contributed by atoms with E-state index in [1.807, 2.05) is 0 Å². The first kappa shape index (κ1) is 15.9. The molecule has 5 N–H and O–H groups in total. The van der Waals surface area contributed by atoms with Gasteiger partial charge in [0.1, 0.15) is 6.04 Å². The number of carboxylic acids is 1. The minimum Gasteiger partial charge on any atom is -0.480 e. The molecular weight excluding hydrogens is 286 g/mol. The van der Waals surface area contributed by atoms with E-state index in [0.29, 0.717) is 5.56 Å². The Balaban J connectivity index is 2.54. The van der Waals surface area contributed by atoms with Gasteiger partial charge in [0.05, 0.1) is 4.90 Å². The molecule has 2 amide bonds. The molecule has 0 radical (unpaired) electrons. The molecule has 1 aromatic rings. The molecule has 0 aliphatic heterocycles. The summed E-state index contributed by atoms with van der Waals surface area (Å²) in [6.45, 7) is 1.46. The number of carboxylic acid groups (broad SMARTS) is 1. The van der Waals surface area contributed by atoms with Crippen LogP contribution in [0, 0.1) is 0 Å². The van der Waals surface area contributed by atoms with Crippen LogP contribution in [0.1, 0.15) is 12.5 Å². The second kappa shape index (κ2) is 6.35. The highest BCUT2D eigenvalue weighted by atomic mass is 32.2. The van der Waals surface area contributed by atoms with Gasteiger partial charge >= 0.3 is 12.0 Å². The van der Waals surface area contributed by atoms with Crippen LogP contribution in [0.5, 0.6) is 0 Å². The second-order valence-corrected chi connectivity index (χ2v) is 5.64. The Kier molecular flexibility index (Phi) is 5.06. The smallest absolute Gasteiger partial charge is 0.325 e. The number of hydrogen-bond acceptors (Lipinski definition) is 4. The van der Waals surface area contributed by atoms with E-state index in [-0.39, 0.29) is 11.4 Å². The highest BCUT2D eigenvalue weighted by molar-refractivity contribution is 7.89. The summed E-state index contributed by atoms with van der Waals surface area (Å²) >= 11 is 0. The Bertz CT molecular complexity index is 597. The number of carbonyl (C=O) groups is 2. The lowest BCUT2D eigenvalue weighted by Gasteiger charge is -2.10. The van der Waals surface area contributed by atoms with Crippen molar-refractivity contribution in [1.82, 2.24) is 10.6 Å². The lowest BCUT2D eigenvalue weighted by Crippen LogP contribution is -2.44. The first-order valence-electron chi connectivity index (χ1n) is 5.59. The number of hydrogen-bond donors (Lipinski definition) is 4. The first-order valence-corrected chi connectivity index (χ1v) is 7.13. The molecule has 0 fully saturated rings. The summed E-state index contributed by atoms with van der Waals surface area (Å²) in [7, 11) is -3.74. The van der Waals surface area contributed by atoms with Gasteiger partial charge in [-0.15, -0.1) is 0 Å². The van der Waals surface area contributed by atoms with Gasteiger partial charge in [-0.3, -0.25) is 4.79 Å². The number of aliphatic carboxylic acids is 1. The maximum Gasteiger partial charge on any atom is 0.325 e. The lowest BCUT2D eigenvalue weighted by atomic mass is 10.2. The molecule has 0 unspecified atom stereocenters. The second-order valence-electron chi connectivity index (χ2n) is 4.08. The van der Waals surface area contributed by atoms with Crippen LogP contribution in [0.2, 0.25) is 0 Å². The van der Waals surface area contributed by atoms with Crippen molar-refractivity contribution in [3.05, 3.63) is 29.8 Å². The third-order valence-electron chi connectivity index (χ3n) is 2.42. The van der Waals surface area contributed by atoms with E-state index in [0.717, 1.165) is 0 Å².